The standard InChI is InChI=1S/C20H28N6O/c1-24-14-15(12-22-24)17-13-21-18-20(8-11-26(17)18)6-9-25(10-7-20)19(27)23-16-4-2-3-5-16/h12-14,16H,2-11H2,1H3,(H,23,27). The van der Waals surface area contributed by atoms with Crippen LogP contribution in [-0.2, 0) is 19.0 Å². The van der Waals surface area contributed by atoms with E-state index in [0.717, 1.165) is 63.0 Å². The lowest BCUT2D eigenvalue weighted by molar-refractivity contribution is 0.153. The SMILES string of the molecule is Cn1cc(-c2cnc3n2CCC32CCN(C(=O)NC3CCCC3)CC2)cn1. The molecule has 1 saturated heterocycles. The number of carbonyl (C=O) groups is 1. The zero-order valence-corrected chi connectivity index (χ0v) is 16.0. The number of aryl methyl sites for hydroxylation is 1. The van der Waals surface area contributed by atoms with Gasteiger partial charge >= 0.3 is 6.03 Å². The molecule has 1 aliphatic carbocycles. The van der Waals surface area contributed by atoms with Crippen molar-refractivity contribution in [1.82, 2.24) is 29.5 Å². The largest absolute Gasteiger partial charge is 0.335 e. The summed E-state index contributed by atoms with van der Waals surface area (Å²) >= 11 is 0. The summed E-state index contributed by atoms with van der Waals surface area (Å²) in [6.07, 6.45) is 13.9. The number of nitrogens with one attached hydrogen (secondary N) is 1. The third-order valence-electron chi connectivity index (χ3n) is 6.84. The molecule has 1 spiro atoms. The number of hydrogen-bond donors (Lipinski definition) is 1. The molecule has 4 heterocycles. The van der Waals surface area contributed by atoms with Crippen molar-refractivity contribution in [1.29, 1.82) is 0 Å². The number of piperidine rings is 1. The Kier molecular flexibility index (Phi) is 3.98. The molecule has 7 nitrogen and oxygen atoms in total. The van der Waals surface area contributed by atoms with E-state index in [0.29, 0.717) is 6.04 Å². The van der Waals surface area contributed by atoms with Crippen molar-refractivity contribution in [3.05, 3.63) is 24.4 Å². The van der Waals surface area contributed by atoms with Crippen LogP contribution >= 0.6 is 0 Å². The van der Waals surface area contributed by atoms with Crippen molar-refractivity contribution in [2.75, 3.05) is 13.1 Å². The monoisotopic (exact) mass is 368 g/mol. The van der Waals surface area contributed by atoms with E-state index in [9.17, 15) is 4.79 Å². The maximum atomic E-state index is 12.6. The van der Waals surface area contributed by atoms with Crippen LogP contribution in [0.3, 0.4) is 0 Å². The van der Waals surface area contributed by atoms with Gasteiger partial charge in [-0.05, 0) is 32.1 Å². The zero-order valence-electron chi connectivity index (χ0n) is 16.0. The number of imidazole rings is 1. The summed E-state index contributed by atoms with van der Waals surface area (Å²) in [4.78, 5) is 19.4. The number of aromatic nitrogens is 4. The Morgan fingerprint density at radius 3 is 2.59 bits per heavy atom. The van der Waals surface area contributed by atoms with Crippen LogP contribution in [0.2, 0.25) is 0 Å². The molecule has 1 N–H and O–H groups in total. The first-order valence-corrected chi connectivity index (χ1v) is 10.3. The van der Waals surface area contributed by atoms with Gasteiger partial charge in [0.2, 0.25) is 0 Å². The van der Waals surface area contributed by atoms with Gasteiger partial charge in [-0.3, -0.25) is 4.68 Å². The minimum Gasteiger partial charge on any atom is -0.335 e. The van der Waals surface area contributed by atoms with E-state index in [1.54, 1.807) is 0 Å². The zero-order chi connectivity index (χ0) is 18.4. The molecule has 0 radical (unpaired) electrons. The molecule has 0 unspecified atom stereocenters. The van der Waals surface area contributed by atoms with E-state index in [1.807, 2.05) is 35.2 Å². The molecule has 5 rings (SSSR count). The number of rotatable bonds is 2. The molecule has 7 heteroatoms. The molecule has 2 aliphatic heterocycles. The molecule has 27 heavy (non-hydrogen) atoms. The average Bonchev–Trinajstić information content (AvgIpc) is 3.43. The topological polar surface area (TPSA) is 68.0 Å². The van der Waals surface area contributed by atoms with Crippen molar-refractivity contribution in [2.45, 2.75) is 62.9 Å². The van der Waals surface area contributed by atoms with Crippen LogP contribution in [0.4, 0.5) is 4.79 Å². The molecule has 3 aliphatic rings. The second kappa shape index (κ2) is 6.39. The number of hydrogen-bond acceptors (Lipinski definition) is 3. The van der Waals surface area contributed by atoms with Crippen LogP contribution in [0.15, 0.2) is 18.6 Å². The van der Waals surface area contributed by atoms with Gasteiger partial charge in [0.1, 0.15) is 5.82 Å². The quantitative estimate of drug-likeness (QED) is 0.886. The number of carbonyl (C=O) groups excluding carboxylic acids is 1. The Labute approximate surface area is 159 Å². The molecular formula is C20H28N6O. The number of fused-ring (bicyclic) bond motifs is 2. The van der Waals surface area contributed by atoms with Gasteiger partial charge in [-0.2, -0.15) is 5.10 Å². The predicted octanol–water partition coefficient (Wildman–Crippen LogP) is 2.67. The van der Waals surface area contributed by atoms with E-state index in [-0.39, 0.29) is 11.4 Å². The van der Waals surface area contributed by atoms with E-state index >= 15 is 0 Å². The molecule has 2 aromatic rings. The Morgan fingerprint density at radius 2 is 1.89 bits per heavy atom. The summed E-state index contributed by atoms with van der Waals surface area (Å²) < 4.78 is 4.20. The fourth-order valence-electron chi connectivity index (χ4n) is 5.19. The number of amides is 2. The van der Waals surface area contributed by atoms with Crippen LogP contribution in [0.5, 0.6) is 0 Å². The highest BCUT2D eigenvalue weighted by Gasteiger charge is 2.44. The smallest absolute Gasteiger partial charge is 0.317 e. The number of likely N-dealkylation sites (tertiary alicyclic amines) is 1. The summed E-state index contributed by atoms with van der Waals surface area (Å²) in [6, 6.07) is 0.523. The molecule has 0 bridgehead atoms. The van der Waals surface area contributed by atoms with Gasteiger partial charge in [0.15, 0.2) is 0 Å². The van der Waals surface area contributed by atoms with E-state index < -0.39 is 0 Å². The van der Waals surface area contributed by atoms with Crippen molar-refractivity contribution in [2.24, 2.45) is 7.05 Å². The summed E-state index contributed by atoms with van der Waals surface area (Å²) in [7, 11) is 1.94. The Bertz CT molecular complexity index is 839. The summed E-state index contributed by atoms with van der Waals surface area (Å²) in [5.41, 5.74) is 2.42. The minimum absolute atomic E-state index is 0.130. The molecule has 1 saturated carbocycles. The highest BCUT2D eigenvalue weighted by molar-refractivity contribution is 5.74. The van der Waals surface area contributed by atoms with Crippen molar-refractivity contribution < 1.29 is 4.79 Å². The number of urea groups is 1. The van der Waals surface area contributed by atoms with Crippen LogP contribution in [-0.4, -0.2) is 49.4 Å². The van der Waals surface area contributed by atoms with Crippen molar-refractivity contribution in [3.63, 3.8) is 0 Å². The normalized spacial score (nSPS) is 21.7. The second-order valence-electron chi connectivity index (χ2n) is 8.47. The van der Waals surface area contributed by atoms with Gasteiger partial charge in [0, 0.05) is 49.9 Å². The first-order valence-electron chi connectivity index (χ1n) is 10.3. The van der Waals surface area contributed by atoms with Crippen LogP contribution < -0.4 is 5.32 Å². The van der Waals surface area contributed by atoms with Crippen molar-refractivity contribution in [3.8, 4) is 11.3 Å². The lowest BCUT2D eigenvalue weighted by atomic mass is 9.77. The summed E-state index contributed by atoms with van der Waals surface area (Å²) in [5.74, 6) is 1.21. The third kappa shape index (κ3) is 2.84. The minimum atomic E-state index is 0.130. The average molecular weight is 368 g/mol. The Morgan fingerprint density at radius 1 is 1.15 bits per heavy atom. The van der Waals surface area contributed by atoms with Gasteiger partial charge in [0.05, 0.1) is 18.1 Å². The maximum absolute atomic E-state index is 12.6. The van der Waals surface area contributed by atoms with E-state index in [1.165, 1.54) is 18.7 Å². The third-order valence-corrected chi connectivity index (χ3v) is 6.84. The first-order chi connectivity index (χ1) is 13.1. The number of nitrogens with zero attached hydrogens (tertiary/aromatic N) is 5. The van der Waals surface area contributed by atoms with Gasteiger partial charge in [-0.1, -0.05) is 12.8 Å². The highest BCUT2D eigenvalue weighted by atomic mass is 16.2. The maximum Gasteiger partial charge on any atom is 0.317 e. The lowest BCUT2D eigenvalue weighted by Gasteiger charge is -2.38. The summed E-state index contributed by atoms with van der Waals surface area (Å²) in [5, 5.41) is 7.53. The second-order valence-corrected chi connectivity index (χ2v) is 8.47. The molecular weight excluding hydrogens is 340 g/mol. The Balaban J connectivity index is 1.29. The van der Waals surface area contributed by atoms with Crippen LogP contribution in [0.25, 0.3) is 11.3 Å². The lowest BCUT2D eigenvalue weighted by Crippen LogP contribution is -2.50. The van der Waals surface area contributed by atoms with Gasteiger partial charge in [-0.15, -0.1) is 0 Å². The van der Waals surface area contributed by atoms with E-state index in [4.69, 9.17) is 4.98 Å². The van der Waals surface area contributed by atoms with Crippen LogP contribution in [0, 0.1) is 0 Å². The van der Waals surface area contributed by atoms with E-state index in [2.05, 4.69) is 15.0 Å². The molecule has 2 amide bonds. The molecule has 144 valence electrons. The molecule has 0 aromatic carbocycles. The fourth-order valence-corrected chi connectivity index (χ4v) is 5.19. The Hall–Kier alpha value is -2.31. The molecule has 0 atom stereocenters. The fraction of sp³-hybridized carbons (Fsp3) is 0.650. The van der Waals surface area contributed by atoms with Gasteiger partial charge in [-0.25, -0.2) is 9.78 Å². The van der Waals surface area contributed by atoms with Gasteiger partial charge in [0.25, 0.3) is 0 Å². The van der Waals surface area contributed by atoms with Gasteiger partial charge < -0.3 is 14.8 Å². The highest BCUT2D eigenvalue weighted by Crippen LogP contribution is 2.44. The first kappa shape index (κ1) is 16.8. The van der Waals surface area contributed by atoms with Crippen LogP contribution in [0.1, 0.15) is 50.8 Å². The predicted molar refractivity (Wildman–Crippen MR) is 102 cm³/mol. The molecule has 2 aromatic heterocycles. The molecule has 2 fully saturated rings. The summed E-state index contributed by atoms with van der Waals surface area (Å²) in [6.45, 7) is 2.66. The van der Waals surface area contributed by atoms with Crippen molar-refractivity contribution >= 4 is 6.03 Å².